The zero-order chi connectivity index (χ0) is 26.3. The van der Waals surface area contributed by atoms with E-state index in [-0.39, 0.29) is 47.0 Å². The minimum atomic E-state index is -0.592. The Bertz CT molecular complexity index is 1030. The van der Waals surface area contributed by atoms with Gasteiger partial charge in [0, 0.05) is 19.2 Å². The quantitative estimate of drug-likeness (QED) is 0.503. The van der Waals surface area contributed by atoms with Crippen LogP contribution in [-0.4, -0.2) is 52.9 Å². The highest BCUT2D eigenvalue weighted by atomic mass is 16.5. The lowest BCUT2D eigenvalue weighted by atomic mass is 9.48. The van der Waals surface area contributed by atoms with E-state index in [0.717, 1.165) is 32.1 Å². The molecule has 4 fully saturated rings. The predicted octanol–water partition coefficient (Wildman–Crippen LogP) is 3.40. The lowest BCUT2D eigenvalue weighted by Gasteiger charge is -2.58. The first-order chi connectivity index (χ1) is 16.9. The first-order valence-electron chi connectivity index (χ1n) is 13.0. The van der Waals surface area contributed by atoms with E-state index < -0.39 is 5.54 Å². The SMILES string of the molecule is COC(=O)[C@]12CC3CC(C1)[C@@H](NC(=O)c1cnn(/C=C/C(C)(C)NC(C)=O)c1OCC(C)C)C(C3)C2. The van der Waals surface area contributed by atoms with Crippen molar-refractivity contribution in [3.8, 4) is 5.88 Å². The molecule has 0 saturated heterocycles. The molecule has 4 saturated carbocycles. The Morgan fingerprint density at radius 2 is 1.89 bits per heavy atom. The van der Waals surface area contributed by atoms with Gasteiger partial charge in [-0.1, -0.05) is 13.8 Å². The highest BCUT2D eigenvalue weighted by molar-refractivity contribution is 5.96. The van der Waals surface area contributed by atoms with Gasteiger partial charge in [-0.15, -0.1) is 0 Å². The third-order valence-corrected chi connectivity index (χ3v) is 7.87. The molecule has 1 aromatic heterocycles. The molecule has 2 amide bonds. The smallest absolute Gasteiger partial charge is 0.311 e. The number of hydrogen-bond acceptors (Lipinski definition) is 6. The normalized spacial score (nSPS) is 29.0. The number of amides is 2. The molecule has 4 aliphatic carbocycles. The first-order valence-corrected chi connectivity index (χ1v) is 13.0. The Labute approximate surface area is 213 Å². The van der Waals surface area contributed by atoms with Gasteiger partial charge >= 0.3 is 5.97 Å². The average Bonchev–Trinajstić information content (AvgIpc) is 3.19. The van der Waals surface area contributed by atoms with E-state index in [9.17, 15) is 14.4 Å². The van der Waals surface area contributed by atoms with Crippen molar-refractivity contribution in [2.45, 2.75) is 78.3 Å². The van der Waals surface area contributed by atoms with Crippen molar-refractivity contribution in [1.82, 2.24) is 20.4 Å². The second-order valence-corrected chi connectivity index (χ2v) is 12.0. The number of esters is 1. The van der Waals surface area contributed by atoms with E-state index in [1.54, 1.807) is 10.9 Å². The van der Waals surface area contributed by atoms with Crippen LogP contribution < -0.4 is 15.4 Å². The van der Waals surface area contributed by atoms with Gasteiger partial charge in [0.2, 0.25) is 11.8 Å². The van der Waals surface area contributed by atoms with Gasteiger partial charge in [-0.2, -0.15) is 5.10 Å². The van der Waals surface area contributed by atoms with Crippen molar-refractivity contribution in [1.29, 1.82) is 0 Å². The third-order valence-electron chi connectivity index (χ3n) is 7.87. The van der Waals surface area contributed by atoms with Crippen molar-refractivity contribution in [2.75, 3.05) is 13.7 Å². The van der Waals surface area contributed by atoms with Crippen molar-refractivity contribution in [2.24, 2.45) is 29.1 Å². The molecule has 0 spiro atoms. The van der Waals surface area contributed by atoms with Crippen LogP contribution in [0, 0.1) is 29.1 Å². The maximum atomic E-state index is 13.5. The van der Waals surface area contributed by atoms with Gasteiger partial charge in [0.1, 0.15) is 5.56 Å². The predicted molar refractivity (Wildman–Crippen MR) is 135 cm³/mol. The average molecular weight is 501 g/mol. The molecule has 0 aliphatic heterocycles. The Kier molecular flexibility index (Phi) is 7.21. The third kappa shape index (κ3) is 5.30. The molecule has 2 atom stereocenters. The zero-order valence-electron chi connectivity index (χ0n) is 22.3. The van der Waals surface area contributed by atoms with Gasteiger partial charge < -0.3 is 20.1 Å². The van der Waals surface area contributed by atoms with Crippen LogP contribution >= 0.6 is 0 Å². The molecule has 9 nitrogen and oxygen atoms in total. The van der Waals surface area contributed by atoms with E-state index >= 15 is 0 Å². The molecular weight excluding hydrogens is 460 g/mol. The molecule has 198 valence electrons. The van der Waals surface area contributed by atoms with Crippen LogP contribution in [0.15, 0.2) is 12.3 Å². The van der Waals surface area contributed by atoms with Crippen LogP contribution in [0.25, 0.3) is 6.20 Å². The van der Waals surface area contributed by atoms with Gasteiger partial charge in [-0.05, 0) is 75.7 Å². The highest BCUT2D eigenvalue weighted by Gasteiger charge is 2.59. The summed E-state index contributed by atoms with van der Waals surface area (Å²) in [7, 11) is 1.47. The van der Waals surface area contributed by atoms with Crippen LogP contribution in [-0.2, 0) is 14.3 Å². The highest BCUT2D eigenvalue weighted by Crippen LogP contribution is 2.60. The van der Waals surface area contributed by atoms with E-state index in [2.05, 4.69) is 15.7 Å². The second-order valence-electron chi connectivity index (χ2n) is 12.0. The summed E-state index contributed by atoms with van der Waals surface area (Å²) < 4.78 is 12.8. The van der Waals surface area contributed by atoms with E-state index in [1.165, 1.54) is 20.2 Å². The van der Waals surface area contributed by atoms with E-state index in [1.807, 2.05) is 33.8 Å². The summed E-state index contributed by atoms with van der Waals surface area (Å²) in [4.78, 5) is 37.6. The number of ether oxygens (including phenoxy) is 2. The summed E-state index contributed by atoms with van der Waals surface area (Å²) in [5, 5.41) is 10.6. The number of carbonyl (C=O) groups excluding carboxylic acids is 3. The van der Waals surface area contributed by atoms with E-state index in [0.29, 0.717) is 24.0 Å². The zero-order valence-corrected chi connectivity index (χ0v) is 22.3. The number of aromatic nitrogens is 2. The fourth-order valence-corrected chi connectivity index (χ4v) is 6.71. The molecule has 5 rings (SSSR count). The molecular formula is C27H40N4O5. The van der Waals surface area contributed by atoms with Crippen LogP contribution in [0.1, 0.15) is 77.1 Å². The molecule has 36 heavy (non-hydrogen) atoms. The molecule has 0 radical (unpaired) electrons. The largest absolute Gasteiger partial charge is 0.477 e. The molecule has 2 unspecified atom stereocenters. The molecule has 2 N–H and O–H groups in total. The van der Waals surface area contributed by atoms with Crippen LogP contribution in [0.2, 0.25) is 0 Å². The van der Waals surface area contributed by atoms with Crippen molar-refractivity contribution in [3.05, 3.63) is 17.8 Å². The summed E-state index contributed by atoms with van der Waals surface area (Å²) in [6, 6.07) is 0.0300. The summed E-state index contributed by atoms with van der Waals surface area (Å²) in [5.74, 6) is 1.28. The maximum Gasteiger partial charge on any atom is 0.311 e. The summed E-state index contributed by atoms with van der Waals surface area (Å²) in [5.41, 5.74) is -0.589. The maximum absolute atomic E-state index is 13.5. The number of rotatable bonds is 9. The molecule has 1 heterocycles. The first kappa shape index (κ1) is 26.2. The number of carbonyl (C=O) groups is 3. The molecule has 9 heteroatoms. The van der Waals surface area contributed by atoms with Crippen molar-refractivity contribution < 1.29 is 23.9 Å². The fraction of sp³-hybridized carbons (Fsp3) is 0.704. The number of nitrogens with one attached hydrogen (secondary N) is 2. The van der Waals surface area contributed by atoms with Gasteiger partial charge in [0.05, 0.1) is 30.9 Å². The number of methoxy groups -OCH3 is 1. The standard InChI is InChI=1S/C27H40N4O5/c1-16(2)15-36-24-21(14-28-31(24)8-7-26(4,5)30-17(3)32)23(33)29-22-19-9-18-10-20(22)13-27(11-18,12-19)25(34)35-6/h7-8,14,16,18-20,22H,9-13,15H2,1-6H3,(H,29,33)(H,30,32)/b8-7+/t18?,19?,20?,22-,27-. The minimum absolute atomic E-state index is 0.0300. The molecule has 4 aliphatic rings. The molecule has 1 aromatic rings. The van der Waals surface area contributed by atoms with Crippen LogP contribution in [0.5, 0.6) is 5.88 Å². The summed E-state index contributed by atoms with van der Waals surface area (Å²) >= 11 is 0. The van der Waals surface area contributed by atoms with E-state index in [4.69, 9.17) is 9.47 Å². The Balaban J connectivity index is 1.53. The van der Waals surface area contributed by atoms with Crippen LogP contribution in [0.4, 0.5) is 0 Å². The topological polar surface area (TPSA) is 112 Å². The Morgan fingerprint density at radius 1 is 1.22 bits per heavy atom. The number of nitrogens with zero attached hydrogens (tertiary/aromatic N) is 2. The van der Waals surface area contributed by atoms with Crippen LogP contribution in [0.3, 0.4) is 0 Å². The second kappa shape index (κ2) is 9.90. The lowest BCUT2D eigenvalue weighted by Crippen LogP contribution is -2.61. The van der Waals surface area contributed by atoms with Gasteiger partial charge in [0.25, 0.3) is 5.91 Å². The van der Waals surface area contributed by atoms with Gasteiger partial charge in [-0.3, -0.25) is 14.4 Å². The van der Waals surface area contributed by atoms with Gasteiger partial charge in [0.15, 0.2) is 0 Å². The summed E-state index contributed by atoms with van der Waals surface area (Å²) in [6.07, 6.45) is 9.60. The van der Waals surface area contributed by atoms with Gasteiger partial charge in [-0.25, -0.2) is 4.68 Å². The monoisotopic (exact) mass is 500 g/mol. The van der Waals surface area contributed by atoms with Crippen molar-refractivity contribution >= 4 is 24.0 Å². The summed E-state index contributed by atoms with van der Waals surface area (Å²) in [6.45, 7) is 9.76. The van der Waals surface area contributed by atoms with Crippen molar-refractivity contribution in [3.63, 3.8) is 0 Å². The fourth-order valence-electron chi connectivity index (χ4n) is 6.71. The minimum Gasteiger partial charge on any atom is -0.477 e. The number of hydrogen-bond donors (Lipinski definition) is 2. The molecule has 0 aromatic carbocycles. The Morgan fingerprint density at radius 3 is 2.47 bits per heavy atom. The lowest BCUT2D eigenvalue weighted by molar-refractivity contribution is -0.170. The Hall–Kier alpha value is -2.84. The molecule has 4 bridgehead atoms.